The highest BCUT2D eigenvalue weighted by Gasteiger charge is 2.39. The van der Waals surface area contributed by atoms with Gasteiger partial charge < -0.3 is 10.2 Å². The van der Waals surface area contributed by atoms with Crippen LogP contribution in [0.3, 0.4) is 0 Å². The molecule has 3 nitrogen and oxygen atoms in total. The third-order valence-corrected chi connectivity index (χ3v) is 3.99. The maximum Gasteiger partial charge on any atom is 0.114 e. The lowest BCUT2D eigenvalue weighted by atomic mass is 9.99. The van der Waals surface area contributed by atoms with Gasteiger partial charge in [-0.3, -0.25) is 0 Å². The molecule has 84 valence electrons. The van der Waals surface area contributed by atoms with Crippen LogP contribution in [0.5, 0.6) is 0 Å². The van der Waals surface area contributed by atoms with E-state index >= 15 is 0 Å². The maximum atomic E-state index is 4.49. The summed E-state index contributed by atoms with van der Waals surface area (Å²) in [5.74, 6) is 0. The summed E-state index contributed by atoms with van der Waals surface area (Å²) >= 11 is 1.77. The van der Waals surface area contributed by atoms with Crippen LogP contribution in [0.4, 0.5) is 0 Å². The highest BCUT2D eigenvalue weighted by Crippen LogP contribution is 2.32. The molecule has 1 aromatic rings. The van der Waals surface area contributed by atoms with E-state index in [1.807, 2.05) is 6.20 Å². The molecule has 1 fully saturated rings. The number of likely N-dealkylation sites (N-methyl/N-ethyl adjacent to an activating group) is 1. The van der Waals surface area contributed by atoms with Crippen LogP contribution in [-0.2, 0) is 5.54 Å². The van der Waals surface area contributed by atoms with Gasteiger partial charge in [0, 0.05) is 24.7 Å². The normalized spacial score (nSPS) is 27.3. The van der Waals surface area contributed by atoms with Crippen molar-refractivity contribution in [2.45, 2.75) is 25.3 Å². The number of nitrogens with zero attached hydrogens (tertiary/aromatic N) is 2. The summed E-state index contributed by atoms with van der Waals surface area (Å²) in [6.07, 6.45) is 4.27. The zero-order valence-corrected chi connectivity index (χ0v) is 10.3. The van der Waals surface area contributed by atoms with Crippen LogP contribution in [0, 0.1) is 0 Å². The van der Waals surface area contributed by atoms with Gasteiger partial charge in [-0.2, -0.15) is 0 Å². The van der Waals surface area contributed by atoms with Gasteiger partial charge in [0.15, 0.2) is 0 Å². The Morgan fingerprint density at radius 1 is 1.67 bits per heavy atom. The lowest BCUT2D eigenvalue weighted by Gasteiger charge is -2.28. The van der Waals surface area contributed by atoms with E-state index in [9.17, 15) is 0 Å². The van der Waals surface area contributed by atoms with Gasteiger partial charge in [0.1, 0.15) is 5.01 Å². The van der Waals surface area contributed by atoms with E-state index in [1.165, 1.54) is 17.8 Å². The van der Waals surface area contributed by atoms with Crippen LogP contribution in [-0.4, -0.2) is 36.6 Å². The molecule has 0 radical (unpaired) electrons. The maximum absolute atomic E-state index is 4.49. The summed E-state index contributed by atoms with van der Waals surface area (Å²) < 4.78 is 0. The van der Waals surface area contributed by atoms with Gasteiger partial charge in [-0.25, -0.2) is 4.98 Å². The molecule has 0 spiro atoms. The molecule has 1 aliphatic rings. The highest BCUT2D eigenvalue weighted by atomic mass is 32.1. The fraction of sp³-hybridized carbons (Fsp3) is 0.727. The third kappa shape index (κ3) is 2.22. The van der Waals surface area contributed by atoms with Gasteiger partial charge in [-0.05, 0) is 26.4 Å². The SMILES string of the molecule is CCCNC1(c2nccs2)CCN(C)C1. The van der Waals surface area contributed by atoms with Crippen molar-refractivity contribution >= 4 is 11.3 Å². The third-order valence-electron chi connectivity index (χ3n) is 3.02. The molecule has 15 heavy (non-hydrogen) atoms. The average molecular weight is 225 g/mol. The summed E-state index contributed by atoms with van der Waals surface area (Å²) in [6.45, 7) is 5.53. The zero-order valence-electron chi connectivity index (χ0n) is 9.49. The molecule has 0 saturated carbocycles. The Kier molecular flexibility index (Phi) is 3.38. The summed E-state index contributed by atoms with van der Waals surface area (Å²) in [5.41, 5.74) is 0.124. The first-order chi connectivity index (χ1) is 7.27. The Morgan fingerprint density at radius 2 is 2.53 bits per heavy atom. The molecule has 2 rings (SSSR count). The number of thiazole rings is 1. The molecular formula is C11H19N3S. The fourth-order valence-corrected chi connectivity index (χ4v) is 3.06. The molecule has 1 unspecified atom stereocenters. The van der Waals surface area contributed by atoms with E-state index < -0.39 is 0 Å². The Balaban J connectivity index is 2.16. The Bertz CT molecular complexity index is 299. The first kappa shape index (κ1) is 11.0. The van der Waals surface area contributed by atoms with Gasteiger partial charge in [-0.15, -0.1) is 11.3 Å². The van der Waals surface area contributed by atoms with E-state index in [4.69, 9.17) is 0 Å². The number of aromatic nitrogens is 1. The van der Waals surface area contributed by atoms with Crippen LogP contribution < -0.4 is 5.32 Å². The van der Waals surface area contributed by atoms with Crippen molar-refractivity contribution in [3.05, 3.63) is 16.6 Å². The number of hydrogen-bond donors (Lipinski definition) is 1. The molecule has 2 heterocycles. The van der Waals surface area contributed by atoms with E-state index in [2.05, 4.69) is 34.6 Å². The second-order valence-electron chi connectivity index (χ2n) is 4.33. The largest absolute Gasteiger partial charge is 0.304 e. The average Bonchev–Trinajstić information content (AvgIpc) is 2.84. The molecule has 4 heteroatoms. The molecular weight excluding hydrogens is 206 g/mol. The van der Waals surface area contributed by atoms with Gasteiger partial charge in [0.05, 0.1) is 5.54 Å². The van der Waals surface area contributed by atoms with Gasteiger partial charge in [0.2, 0.25) is 0 Å². The minimum atomic E-state index is 0.124. The van der Waals surface area contributed by atoms with Crippen molar-refractivity contribution in [2.75, 3.05) is 26.7 Å². The predicted octanol–water partition coefficient (Wildman–Crippen LogP) is 1.67. The molecule has 0 amide bonds. The number of rotatable bonds is 4. The minimum absolute atomic E-state index is 0.124. The van der Waals surface area contributed by atoms with Gasteiger partial charge in [-0.1, -0.05) is 6.92 Å². The Labute approximate surface area is 95.5 Å². The van der Waals surface area contributed by atoms with Crippen LogP contribution in [0.2, 0.25) is 0 Å². The number of likely N-dealkylation sites (tertiary alicyclic amines) is 1. The Hall–Kier alpha value is -0.450. The second-order valence-corrected chi connectivity index (χ2v) is 5.23. The molecule has 1 N–H and O–H groups in total. The van der Waals surface area contributed by atoms with E-state index in [-0.39, 0.29) is 5.54 Å². The van der Waals surface area contributed by atoms with Crippen LogP contribution in [0.25, 0.3) is 0 Å². The van der Waals surface area contributed by atoms with Crippen molar-refractivity contribution in [1.29, 1.82) is 0 Å². The summed E-state index contributed by atoms with van der Waals surface area (Å²) in [4.78, 5) is 6.87. The van der Waals surface area contributed by atoms with Crippen molar-refractivity contribution in [1.82, 2.24) is 15.2 Å². The molecule has 1 aromatic heterocycles. The van der Waals surface area contributed by atoms with Gasteiger partial charge >= 0.3 is 0 Å². The molecule has 1 saturated heterocycles. The fourth-order valence-electron chi connectivity index (χ4n) is 2.22. The highest BCUT2D eigenvalue weighted by molar-refractivity contribution is 7.09. The zero-order chi connectivity index (χ0) is 10.7. The molecule has 1 aliphatic heterocycles. The standard InChI is InChI=1S/C11H19N3S/c1-3-5-13-11(4-7-14(2)9-11)10-12-6-8-15-10/h6,8,13H,3-5,7,9H2,1-2H3. The summed E-state index contributed by atoms with van der Waals surface area (Å²) in [5, 5.41) is 7.01. The summed E-state index contributed by atoms with van der Waals surface area (Å²) in [6, 6.07) is 0. The van der Waals surface area contributed by atoms with Crippen molar-refractivity contribution < 1.29 is 0 Å². The first-order valence-electron chi connectivity index (χ1n) is 5.60. The van der Waals surface area contributed by atoms with Crippen LogP contribution >= 0.6 is 11.3 Å². The van der Waals surface area contributed by atoms with Crippen LogP contribution in [0.15, 0.2) is 11.6 Å². The number of nitrogens with one attached hydrogen (secondary N) is 1. The second kappa shape index (κ2) is 4.60. The van der Waals surface area contributed by atoms with E-state index in [0.29, 0.717) is 0 Å². The Morgan fingerprint density at radius 3 is 3.07 bits per heavy atom. The number of hydrogen-bond acceptors (Lipinski definition) is 4. The van der Waals surface area contributed by atoms with Crippen LogP contribution in [0.1, 0.15) is 24.8 Å². The molecule has 1 atom stereocenters. The topological polar surface area (TPSA) is 28.2 Å². The monoisotopic (exact) mass is 225 g/mol. The molecule has 0 bridgehead atoms. The molecule has 0 aromatic carbocycles. The quantitative estimate of drug-likeness (QED) is 0.845. The van der Waals surface area contributed by atoms with Gasteiger partial charge in [0.25, 0.3) is 0 Å². The van der Waals surface area contributed by atoms with E-state index in [1.54, 1.807) is 11.3 Å². The van der Waals surface area contributed by atoms with Crippen molar-refractivity contribution in [2.24, 2.45) is 0 Å². The van der Waals surface area contributed by atoms with E-state index in [0.717, 1.165) is 19.6 Å². The smallest absolute Gasteiger partial charge is 0.114 e. The van der Waals surface area contributed by atoms with Crippen molar-refractivity contribution in [3.63, 3.8) is 0 Å². The lowest BCUT2D eigenvalue weighted by Crippen LogP contribution is -2.44. The predicted molar refractivity (Wildman–Crippen MR) is 64.2 cm³/mol. The molecule has 0 aliphatic carbocycles. The first-order valence-corrected chi connectivity index (χ1v) is 6.48. The minimum Gasteiger partial charge on any atom is -0.304 e. The summed E-state index contributed by atoms with van der Waals surface area (Å²) in [7, 11) is 2.18. The van der Waals surface area contributed by atoms with Crippen molar-refractivity contribution in [3.8, 4) is 0 Å². The lowest BCUT2D eigenvalue weighted by molar-refractivity contribution is 0.315.